The Hall–Kier alpha value is -0.570. The second-order valence-corrected chi connectivity index (χ2v) is 6.57. The molecule has 0 aliphatic heterocycles. The van der Waals surface area contributed by atoms with E-state index in [1.807, 2.05) is 6.92 Å². The van der Waals surface area contributed by atoms with Gasteiger partial charge in [0.15, 0.2) is 0 Å². The van der Waals surface area contributed by atoms with Gasteiger partial charge in [0.05, 0.1) is 12.5 Å². The Bertz CT molecular complexity index is 339. The molecule has 0 aromatic carbocycles. The van der Waals surface area contributed by atoms with Crippen molar-refractivity contribution in [1.82, 2.24) is 0 Å². The van der Waals surface area contributed by atoms with Crippen molar-refractivity contribution >= 4 is 5.97 Å². The third kappa shape index (κ3) is 1.70. The van der Waals surface area contributed by atoms with Gasteiger partial charge in [0.2, 0.25) is 0 Å². The van der Waals surface area contributed by atoms with Gasteiger partial charge in [0, 0.05) is 6.04 Å². The van der Waals surface area contributed by atoms with Crippen LogP contribution in [-0.2, 0) is 9.53 Å². The molecule has 0 heterocycles. The Balaban J connectivity index is 1.75. The molecule has 3 fully saturated rings. The molecule has 5 atom stereocenters. The van der Waals surface area contributed by atoms with Crippen LogP contribution in [0.3, 0.4) is 0 Å². The summed E-state index contributed by atoms with van der Waals surface area (Å²) in [5, 5.41) is 0. The number of hydrogen-bond acceptors (Lipinski definition) is 3. The summed E-state index contributed by atoms with van der Waals surface area (Å²) in [5.74, 6) is 1.65. The first-order valence-electron chi connectivity index (χ1n) is 7.59. The highest BCUT2D eigenvalue weighted by molar-refractivity contribution is 5.72. The lowest BCUT2D eigenvalue weighted by molar-refractivity contribution is -0.151. The predicted molar refractivity (Wildman–Crippen MR) is 69.8 cm³/mol. The van der Waals surface area contributed by atoms with Crippen molar-refractivity contribution in [2.45, 2.75) is 57.9 Å². The van der Waals surface area contributed by atoms with Gasteiger partial charge in [-0.15, -0.1) is 0 Å². The van der Waals surface area contributed by atoms with Crippen LogP contribution in [0.1, 0.15) is 51.9 Å². The van der Waals surface area contributed by atoms with Crippen LogP contribution in [-0.4, -0.2) is 18.6 Å². The highest BCUT2D eigenvalue weighted by atomic mass is 16.5. The number of ether oxygens (including phenoxy) is 1. The predicted octanol–water partition coefficient (Wildman–Crippen LogP) is 2.48. The van der Waals surface area contributed by atoms with Gasteiger partial charge in [0.1, 0.15) is 0 Å². The maximum atomic E-state index is 12.0. The largest absolute Gasteiger partial charge is 0.466 e. The van der Waals surface area contributed by atoms with Crippen molar-refractivity contribution in [2.75, 3.05) is 6.61 Å². The van der Waals surface area contributed by atoms with Crippen LogP contribution in [0.25, 0.3) is 0 Å². The first kappa shape index (κ1) is 12.5. The zero-order chi connectivity index (χ0) is 12.8. The summed E-state index contributed by atoms with van der Waals surface area (Å²) >= 11 is 0. The fourth-order valence-electron chi connectivity index (χ4n) is 5.08. The van der Waals surface area contributed by atoms with E-state index in [0.29, 0.717) is 12.6 Å². The normalized spacial score (nSPS) is 46.6. The number of hydrogen-bond donors (Lipinski definition) is 1. The number of fused-ring (bicyclic) bond motifs is 3. The van der Waals surface area contributed by atoms with E-state index in [1.54, 1.807) is 0 Å². The number of rotatable bonds is 2. The minimum absolute atomic E-state index is 0.0200. The highest BCUT2D eigenvalue weighted by Crippen LogP contribution is 2.61. The topological polar surface area (TPSA) is 52.3 Å². The molecular formula is C15H25NO2. The van der Waals surface area contributed by atoms with E-state index >= 15 is 0 Å². The number of nitrogens with two attached hydrogens (primary N) is 1. The maximum Gasteiger partial charge on any atom is 0.308 e. The van der Waals surface area contributed by atoms with E-state index < -0.39 is 0 Å². The van der Waals surface area contributed by atoms with Gasteiger partial charge in [-0.2, -0.15) is 0 Å². The molecule has 3 aliphatic carbocycles. The van der Waals surface area contributed by atoms with E-state index in [4.69, 9.17) is 10.5 Å². The van der Waals surface area contributed by atoms with Gasteiger partial charge in [-0.3, -0.25) is 4.79 Å². The molecule has 3 rings (SSSR count). The van der Waals surface area contributed by atoms with Crippen molar-refractivity contribution < 1.29 is 9.53 Å². The van der Waals surface area contributed by atoms with Crippen LogP contribution in [0.2, 0.25) is 0 Å². The SMILES string of the molecule is CCOC(=O)[C@@H]1CCC[C@@]2(C1)[C@@H]1CC[C@@H](C1)[C@H]2N. The van der Waals surface area contributed by atoms with Crippen molar-refractivity contribution in [3.05, 3.63) is 0 Å². The molecule has 3 nitrogen and oxygen atoms in total. The number of esters is 1. The van der Waals surface area contributed by atoms with Gasteiger partial charge in [-0.05, 0) is 62.7 Å². The van der Waals surface area contributed by atoms with E-state index in [9.17, 15) is 4.79 Å². The summed E-state index contributed by atoms with van der Waals surface area (Å²) in [5.41, 5.74) is 6.79. The van der Waals surface area contributed by atoms with Gasteiger partial charge in [0.25, 0.3) is 0 Å². The average Bonchev–Trinajstić information content (AvgIpc) is 2.94. The van der Waals surface area contributed by atoms with Crippen LogP contribution < -0.4 is 5.73 Å². The second kappa shape index (κ2) is 4.52. The molecule has 102 valence electrons. The molecule has 2 bridgehead atoms. The summed E-state index contributed by atoms with van der Waals surface area (Å²) in [6, 6.07) is 0.341. The molecule has 0 radical (unpaired) electrons. The third-order valence-corrected chi connectivity index (χ3v) is 5.90. The minimum atomic E-state index is 0.0200. The molecular weight excluding hydrogens is 226 g/mol. The van der Waals surface area contributed by atoms with Gasteiger partial charge < -0.3 is 10.5 Å². The molecule has 3 aliphatic rings. The third-order valence-electron chi connectivity index (χ3n) is 5.90. The molecule has 3 saturated carbocycles. The van der Waals surface area contributed by atoms with Crippen LogP contribution in [0.5, 0.6) is 0 Å². The summed E-state index contributed by atoms with van der Waals surface area (Å²) in [6.45, 7) is 2.39. The molecule has 0 unspecified atom stereocenters. The van der Waals surface area contributed by atoms with Gasteiger partial charge >= 0.3 is 5.97 Å². The fraction of sp³-hybridized carbons (Fsp3) is 0.933. The first-order valence-corrected chi connectivity index (χ1v) is 7.59. The lowest BCUT2D eigenvalue weighted by Gasteiger charge is -2.47. The second-order valence-electron chi connectivity index (χ2n) is 6.57. The molecule has 0 amide bonds. The van der Waals surface area contributed by atoms with E-state index in [2.05, 4.69) is 0 Å². The smallest absolute Gasteiger partial charge is 0.308 e. The Morgan fingerprint density at radius 1 is 1.39 bits per heavy atom. The van der Waals surface area contributed by atoms with Crippen molar-refractivity contribution in [1.29, 1.82) is 0 Å². The maximum absolute atomic E-state index is 12.0. The average molecular weight is 251 g/mol. The molecule has 0 aromatic heterocycles. The lowest BCUT2D eigenvalue weighted by Crippen LogP contribution is -2.49. The van der Waals surface area contributed by atoms with E-state index in [0.717, 1.165) is 31.1 Å². The van der Waals surface area contributed by atoms with Crippen LogP contribution >= 0.6 is 0 Å². The van der Waals surface area contributed by atoms with Crippen LogP contribution in [0.4, 0.5) is 0 Å². The fourth-order valence-corrected chi connectivity index (χ4v) is 5.08. The Labute approximate surface area is 109 Å². The van der Waals surface area contributed by atoms with E-state index in [-0.39, 0.29) is 17.3 Å². The summed E-state index contributed by atoms with van der Waals surface area (Å²) in [7, 11) is 0. The highest BCUT2D eigenvalue weighted by Gasteiger charge is 2.58. The zero-order valence-electron chi connectivity index (χ0n) is 11.4. The van der Waals surface area contributed by atoms with Crippen molar-refractivity contribution in [2.24, 2.45) is 28.9 Å². The summed E-state index contributed by atoms with van der Waals surface area (Å²) in [4.78, 5) is 12.0. The van der Waals surface area contributed by atoms with Crippen LogP contribution in [0.15, 0.2) is 0 Å². The van der Waals surface area contributed by atoms with Crippen molar-refractivity contribution in [3.8, 4) is 0 Å². The molecule has 1 spiro atoms. The Morgan fingerprint density at radius 3 is 2.89 bits per heavy atom. The molecule has 0 aromatic rings. The molecule has 0 saturated heterocycles. The molecule has 18 heavy (non-hydrogen) atoms. The first-order chi connectivity index (χ1) is 8.67. The zero-order valence-corrected chi connectivity index (χ0v) is 11.4. The quantitative estimate of drug-likeness (QED) is 0.767. The van der Waals surface area contributed by atoms with Gasteiger partial charge in [-0.1, -0.05) is 6.42 Å². The standard InChI is InChI=1S/C15H25NO2/c1-2-18-14(17)11-4-3-7-15(9-11)12-6-5-10(8-12)13(15)16/h10-13H,2-9,16H2,1H3/t10-,11+,12+,13+,15+/m0/s1. The summed E-state index contributed by atoms with van der Waals surface area (Å²) < 4.78 is 5.22. The van der Waals surface area contributed by atoms with Gasteiger partial charge in [-0.25, -0.2) is 0 Å². The van der Waals surface area contributed by atoms with Crippen LogP contribution in [0, 0.1) is 23.2 Å². The number of carbonyl (C=O) groups excluding carboxylic acids is 1. The number of carbonyl (C=O) groups is 1. The lowest BCUT2D eigenvalue weighted by atomic mass is 9.59. The Kier molecular flexibility index (Phi) is 3.13. The van der Waals surface area contributed by atoms with Crippen molar-refractivity contribution in [3.63, 3.8) is 0 Å². The Morgan fingerprint density at radius 2 is 2.22 bits per heavy atom. The summed E-state index contributed by atoms with van der Waals surface area (Å²) in [6.07, 6.45) is 8.37. The monoisotopic (exact) mass is 251 g/mol. The molecule has 2 N–H and O–H groups in total. The minimum Gasteiger partial charge on any atom is -0.466 e. The van der Waals surface area contributed by atoms with E-state index in [1.165, 1.54) is 25.7 Å². The molecule has 3 heteroatoms.